The molecule has 1 aromatic carbocycles. The lowest BCUT2D eigenvalue weighted by molar-refractivity contribution is -0.131. The summed E-state index contributed by atoms with van der Waals surface area (Å²) in [4.78, 5) is 14.1. The first-order valence-corrected chi connectivity index (χ1v) is 6.76. The Kier molecular flexibility index (Phi) is 3.93. The third kappa shape index (κ3) is 2.38. The maximum atomic E-state index is 12.2. The Labute approximate surface area is 113 Å². The van der Waals surface area contributed by atoms with E-state index >= 15 is 0 Å². The second-order valence-electron chi connectivity index (χ2n) is 4.85. The zero-order valence-electron chi connectivity index (χ0n) is 11.0. The van der Waals surface area contributed by atoms with Gasteiger partial charge in [0.15, 0.2) is 0 Å². The molecule has 18 heavy (non-hydrogen) atoms. The van der Waals surface area contributed by atoms with Crippen molar-refractivity contribution in [3.8, 4) is 0 Å². The lowest BCUT2D eigenvalue weighted by Gasteiger charge is -2.30. The second kappa shape index (κ2) is 5.29. The van der Waals surface area contributed by atoms with Crippen molar-refractivity contribution in [2.45, 2.75) is 45.4 Å². The highest BCUT2D eigenvalue weighted by atomic mass is 35.5. The van der Waals surface area contributed by atoms with E-state index < -0.39 is 0 Å². The van der Waals surface area contributed by atoms with E-state index in [9.17, 15) is 4.79 Å². The highest BCUT2D eigenvalue weighted by Crippen LogP contribution is 2.29. The molecule has 0 saturated carbocycles. The average molecular weight is 267 g/mol. The van der Waals surface area contributed by atoms with Crippen molar-refractivity contribution in [2.75, 3.05) is 0 Å². The molecule has 1 amide bonds. The molecule has 1 saturated heterocycles. The molecule has 2 rings (SSSR count). The van der Waals surface area contributed by atoms with Crippen molar-refractivity contribution in [3.05, 3.63) is 34.9 Å². The topological polar surface area (TPSA) is 32.3 Å². The number of halogens is 1. The summed E-state index contributed by atoms with van der Waals surface area (Å²) < 4.78 is 0. The molecule has 3 unspecified atom stereocenters. The molecule has 1 heterocycles. The third-order valence-corrected chi connectivity index (χ3v) is 3.78. The van der Waals surface area contributed by atoms with E-state index in [-0.39, 0.29) is 24.2 Å². The van der Waals surface area contributed by atoms with Crippen LogP contribution in [0.1, 0.15) is 38.9 Å². The first-order chi connectivity index (χ1) is 8.54. The van der Waals surface area contributed by atoms with Crippen molar-refractivity contribution in [2.24, 2.45) is 0 Å². The zero-order valence-corrected chi connectivity index (χ0v) is 11.7. The van der Waals surface area contributed by atoms with Gasteiger partial charge >= 0.3 is 0 Å². The molecule has 3 nitrogen and oxygen atoms in total. The van der Waals surface area contributed by atoms with Crippen molar-refractivity contribution in [1.29, 1.82) is 0 Å². The summed E-state index contributed by atoms with van der Waals surface area (Å²) >= 11 is 6.03. The van der Waals surface area contributed by atoms with Gasteiger partial charge in [-0.2, -0.15) is 0 Å². The van der Waals surface area contributed by atoms with Gasteiger partial charge in [0, 0.05) is 11.1 Å². The van der Waals surface area contributed by atoms with Crippen LogP contribution in [0.5, 0.6) is 0 Å². The van der Waals surface area contributed by atoms with Gasteiger partial charge in [0.1, 0.15) is 6.17 Å². The number of rotatable bonds is 3. The van der Waals surface area contributed by atoms with Gasteiger partial charge in [-0.1, -0.05) is 30.7 Å². The highest BCUT2D eigenvalue weighted by molar-refractivity contribution is 6.30. The number of hydrogen-bond acceptors (Lipinski definition) is 2. The minimum atomic E-state index is -0.136. The Morgan fingerprint density at radius 2 is 2.22 bits per heavy atom. The Morgan fingerprint density at radius 3 is 2.83 bits per heavy atom. The van der Waals surface area contributed by atoms with Crippen LogP contribution in [0.4, 0.5) is 0 Å². The van der Waals surface area contributed by atoms with Crippen LogP contribution in [0.2, 0.25) is 5.02 Å². The van der Waals surface area contributed by atoms with Crippen molar-refractivity contribution in [3.63, 3.8) is 0 Å². The van der Waals surface area contributed by atoms with Crippen LogP contribution >= 0.6 is 11.6 Å². The van der Waals surface area contributed by atoms with E-state index in [0.717, 1.165) is 12.0 Å². The van der Waals surface area contributed by atoms with Gasteiger partial charge in [0.05, 0.1) is 6.04 Å². The predicted molar refractivity (Wildman–Crippen MR) is 73.4 cm³/mol. The van der Waals surface area contributed by atoms with Gasteiger partial charge in [-0.05, 0) is 38.0 Å². The van der Waals surface area contributed by atoms with E-state index in [1.807, 2.05) is 36.1 Å². The maximum absolute atomic E-state index is 12.2. The normalized spacial score (nSPS) is 25.6. The second-order valence-corrected chi connectivity index (χ2v) is 5.29. The standard InChI is InChI=1S/C14H19ClN2O/c1-4-9(2)17-13(16-10(3)14(17)18)11-6-5-7-12(15)8-11/h5-10,13,16H,4H2,1-3H3. The van der Waals surface area contributed by atoms with Gasteiger partial charge < -0.3 is 4.90 Å². The molecule has 98 valence electrons. The lowest BCUT2D eigenvalue weighted by atomic mass is 10.1. The molecule has 0 spiro atoms. The summed E-state index contributed by atoms with van der Waals surface area (Å²) in [6, 6.07) is 7.77. The molecule has 1 aromatic rings. The van der Waals surface area contributed by atoms with E-state index in [4.69, 9.17) is 11.6 Å². The number of carbonyl (C=O) groups excluding carboxylic acids is 1. The van der Waals surface area contributed by atoms with Crippen LogP contribution in [-0.2, 0) is 4.79 Å². The Bertz CT molecular complexity index is 449. The molecule has 1 fully saturated rings. The van der Waals surface area contributed by atoms with Crippen LogP contribution in [0.15, 0.2) is 24.3 Å². The molecule has 0 radical (unpaired) electrons. The summed E-state index contributed by atoms with van der Waals surface area (Å²) in [5, 5.41) is 4.03. The molecule has 3 atom stereocenters. The highest BCUT2D eigenvalue weighted by Gasteiger charge is 2.39. The summed E-state index contributed by atoms with van der Waals surface area (Å²) in [5.41, 5.74) is 1.04. The van der Waals surface area contributed by atoms with Gasteiger partial charge in [-0.3, -0.25) is 10.1 Å². The fourth-order valence-electron chi connectivity index (χ4n) is 2.34. The Balaban J connectivity index is 2.33. The largest absolute Gasteiger partial charge is 0.319 e. The van der Waals surface area contributed by atoms with Crippen LogP contribution in [0.25, 0.3) is 0 Å². The van der Waals surface area contributed by atoms with Crippen molar-refractivity contribution >= 4 is 17.5 Å². The average Bonchev–Trinajstić information content (AvgIpc) is 2.65. The number of amides is 1. The van der Waals surface area contributed by atoms with Crippen LogP contribution < -0.4 is 5.32 Å². The smallest absolute Gasteiger partial charge is 0.241 e. The number of hydrogen-bond donors (Lipinski definition) is 1. The minimum Gasteiger partial charge on any atom is -0.319 e. The quantitative estimate of drug-likeness (QED) is 0.912. The van der Waals surface area contributed by atoms with Crippen LogP contribution in [0.3, 0.4) is 0 Å². The molecular formula is C14H19ClN2O. The van der Waals surface area contributed by atoms with Gasteiger partial charge in [-0.15, -0.1) is 0 Å². The van der Waals surface area contributed by atoms with Crippen molar-refractivity contribution in [1.82, 2.24) is 10.2 Å². The summed E-state index contributed by atoms with van der Waals surface area (Å²) in [5.74, 6) is 0.161. The number of benzene rings is 1. The summed E-state index contributed by atoms with van der Waals surface area (Å²) in [6.07, 6.45) is 0.873. The summed E-state index contributed by atoms with van der Waals surface area (Å²) in [6.45, 7) is 6.08. The van der Waals surface area contributed by atoms with Crippen LogP contribution in [0, 0.1) is 0 Å². The van der Waals surface area contributed by atoms with Gasteiger partial charge in [0.25, 0.3) is 0 Å². The fraction of sp³-hybridized carbons (Fsp3) is 0.500. The first-order valence-electron chi connectivity index (χ1n) is 6.38. The molecule has 0 aliphatic carbocycles. The summed E-state index contributed by atoms with van der Waals surface area (Å²) in [7, 11) is 0. The monoisotopic (exact) mass is 266 g/mol. The Hall–Kier alpha value is -1.06. The Morgan fingerprint density at radius 1 is 1.50 bits per heavy atom. The number of nitrogens with zero attached hydrogens (tertiary/aromatic N) is 1. The molecular weight excluding hydrogens is 248 g/mol. The minimum absolute atomic E-state index is 0.0684. The molecule has 1 aliphatic heterocycles. The van der Waals surface area contributed by atoms with E-state index in [0.29, 0.717) is 5.02 Å². The molecule has 1 N–H and O–H groups in total. The fourth-order valence-corrected chi connectivity index (χ4v) is 2.54. The number of nitrogens with one attached hydrogen (secondary N) is 1. The van der Waals surface area contributed by atoms with Gasteiger partial charge in [-0.25, -0.2) is 0 Å². The van der Waals surface area contributed by atoms with E-state index in [2.05, 4.69) is 19.2 Å². The van der Waals surface area contributed by atoms with E-state index in [1.165, 1.54) is 0 Å². The predicted octanol–water partition coefficient (Wildman–Crippen LogP) is 2.96. The van der Waals surface area contributed by atoms with E-state index in [1.54, 1.807) is 0 Å². The lowest BCUT2D eigenvalue weighted by Crippen LogP contribution is -2.37. The van der Waals surface area contributed by atoms with Crippen molar-refractivity contribution < 1.29 is 4.79 Å². The molecule has 0 bridgehead atoms. The first kappa shape index (κ1) is 13.4. The van der Waals surface area contributed by atoms with Gasteiger partial charge in [0.2, 0.25) is 5.91 Å². The zero-order chi connectivity index (χ0) is 13.3. The maximum Gasteiger partial charge on any atom is 0.241 e. The SMILES string of the molecule is CCC(C)N1C(=O)C(C)NC1c1cccc(Cl)c1. The van der Waals surface area contributed by atoms with Crippen LogP contribution in [-0.4, -0.2) is 22.9 Å². The molecule has 1 aliphatic rings. The molecule has 0 aromatic heterocycles. The third-order valence-electron chi connectivity index (χ3n) is 3.54. The molecule has 4 heteroatoms. The number of carbonyl (C=O) groups is 1.